The lowest BCUT2D eigenvalue weighted by atomic mass is 10.2. The fourth-order valence-electron chi connectivity index (χ4n) is 1.49. The first kappa shape index (κ1) is 15.8. The van der Waals surface area contributed by atoms with Gasteiger partial charge in [0.25, 0.3) is 0 Å². The Morgan fingerprint density at radius 2 is 2.16 bits per heavy atom. The highest BCUT2D eigenvalue weighted by atomic mass is 32.2. The van der Waals surface area contributed by atoms with Gasteiger partial charge in [-0.25, -0.2) is 0 Å². The van der Waals surface area contributed by atoms with Crippen LogP contribution < -0.4 is 10.1 Å². The largest absolute Gasteiger partial charge is 0.491 e. The van der Waals surface area contributed by atoms with Gasteiger partial charge in [0.15, 0.2) is 0 Å². The first-order valence-corrected chi connectivity index (χ1v) is 7.66. The molecule has 0 heterocycles. The van der Waals surface area contributed by atoms with Crippen molar-refractivity contribution >= 4 is 11.8 Å². The number of hydrogen-bond acceptors (Lipinski definition) is 5. The average molecular weight is 280 g/mol. The third-order valence-electron chi connectivity index (χ3n) is 2.51. The van der Waals surface area contributed by atoms with Crippen molar-refractivity contribution in [3.05, 3.63) is 29.8 Å². The minimum Gasteiger partial charge on any atom is -0.491 e. The zero-order chi connectivity index (χ0) is 13.9. The fraction of sp³-hybridized carbons (Fsp3) is 0.500. The molecule has 0 spiro atoms. The molecule has 0 aliphatic rings. The average Bonchev–Trinajstić information content (AvgIpc) is 2.45. The predicted molar refractivity (Wildman–Crippen MR) is 78.5 cm³/mol. The van der Waals surface area contributed by atoms with E-state index in [0.717, 1.165) is 18.7 Å². The molecule has 1 unspecified atom stereocenters. The van der Waals surface area contributed by atoms with Gasteiger partial charge in [0.05, 0.1) is 11.6 Å². The number of ether oxygens (including phenoxy) is 1. The molecule has 1 aromatic rings. The summed E-state index contributed by atoms with van der Waals surface area (Å²) in [4.78, 5) is 0. The summed E-state index contributed by atoms with van der Waals surface area (Å²) in [6.07, 6.45) is 2.66. The minimum absolute atomic E-state index is 0.251. The van der Waals surface area contributed by atoms with Crippen LogP contribution in [0.5, 0.6) is 5.75 Å². The molecule has 0 saturated carbocycles. The zero-order valence-corrected chi connectivity index (χ0v) is 11.9. The van der Waals surface area contributed by atoms with Crippen molar-refractivity contribution in [1.82, 2.24) is 5.32 Å². The molecule has 2 N–H and O–H groups in total. The van der Waals surface area contributed by atoms with Crippen LogP contribution in [0.1, 0.15) is 12.0 Å². The molecule has 0 fully saturated rings. The second-order valence-electron chi connectivity index (χ2n) is 4.15. The Hall–Kier alpha value is -1.22. The Morgan fingerprint density at radius 1 is 1.42 bits per heavy atom. The van der Waals surface area contributed by atoms with Crippen LogP contribution in [0.3, 0.4) is 0 Å². The number of aliphatic hydroxyl groups excluding tert-OH is 1. The van der Waals surface area contributed by atoms with E-state index in [2.05, 4.69) is 11.6 Å². The SMILES string of the molecule is CSCCCNCC(O)COc1ccc(C#N)cc1. The lowest BCUT2D eigenvalue weighted by Gasteiger charge is -2.13. The molecule has 0 radical (unpaired) electrons. The van der Waals surface area contributed by atoms with Crippen LogP contribution in [-0.2, 0) is 0 Å². The van der Waals surface area contributed by atoms with Crippen molar-refractivity contribution in [3.8, 4) is 11.8 Å². The molecular formula is C14H20N2O2S. The summed E-state index contributed by atoms with van der Waals surface area (Å²) in [5, 5.41) is 21.6. The topological polar surface area (TPSA) is 65.3 Å². The highest BCUT2D eigenvalue weighted by Crippen LogP contribution is 2.11. The van der Waals surface area contributed by atoms with E-state index in [1.165, 1.54) is 0 Å². The molecule has 4 nitrogen and oxygen atoms in total. The molecule has 1 rings (SSSR count). The van der Waals surface area contributed by atoms with Gasteiger partial charge < -0.3 is 15.2 Å². The van der Waals surface area contributed by atoms with Gasteiger partial charge in [-0.1, -0.05) is 0 Å². The van der Waals surface area contributed by atoms with Crippen molar-refractivity contribution in [2.75, 3.05) is 31.7 Å². The van der Waals surface area contributed by atoms with Gasteiger partial charge in [0, 0.05) is 6.54 Å². The van der Waals surface area contributed by atoms with Crippen LogP contribution in [0.2, 0.25) is 0 Å². The minimum atomic E-state index is -0.523. The molecular weight excluding hydrogens is 260 g/mol. The highest BCUT2D eigenvalue weighted by molar-refractivity contribution is 7.98. The number of rotatable bonds is 9. The van der Waals surface area contributed by atoms with E-state index in [1.807, 2.05) is 17.8 Å². The quantitative estimate of drug-likeness (QED) is 0.673. The fourth-order valence-corrected chi connectivity index (χ4v) is 1.92. The van der Waals surface area contributed by atoms with Crippen LogP contribution in [0.15, 0.2) is 24.3 Å². The molecule has 104 valence electrons. The van der Waals surface area contributed by atoms with Crippen molar-refractivity contribution in [3.63, 3.8) is 0 Å². The number of nitriles is 1. The maximum atomic E-state index is 9.72. The van der Waals surface area contributed by atoms with Crippen molar-refractivity contribution < 1.29 is 9.84 Å². The van der Waals surface area contributed by atoms with E-state index in [-0.39, 0.29) is 6.61 Å². The molecule has 0 saturated heterocycles. The smallest absolute Gasteiger partial charge is 0.119 e. The molecule has 1 atom stereocenters. The van der Waals surface area contributed by atoms with E-state index in [4.69, 9.17) is 10.00 Å². The normalized spacial score (nSPS) is 11.8. The monoisotopic (exact) mass is 280 g/mol. The maximum absolute atomic E-state index is 9.72. The Kier molecular flexibility index (Phi) is 8.07. The second-order valence-corrected chi connectivity index (χ2v) is 5.14. The van der Waals surface area contributed by atoms with Gasteiger partial charge in [0.1, 0.15) is 18.5 Å². The molecule has 0 aromatic heterocycles. The van der Waals surface area contributed by atoms with Gasteiger partial charge in [0.2, 0.25) is 0 Å². The number of hydrogen-bond donors (Lipinski definition) is 2. The number of nitrogens with one attached hydrogen (secondary N) is 1. The summed E-state index contributed by atoms with van der Waals surface area (Å²) in [6.45, 7) is 1.70. The van der Waals surface area contributed by atoms with Crippen molar-refractivity contribution in [1.29, 1.82) is 5.26 Å². The lowest BCUT2D eigenvalue weighted by Crippen LogP contribution is -2.32. The van der Waals surface area contributed by atoms with Crippen LogP contribution >= 0.6 is 11.8 Å². The first-order chi connectivity index (χ1) is 9.26. The van der Waals surface area contributed by atoms with Crippen LogP contribution in [0.25, 0.3) is 0 Å². The van der Waals surface area contributed by atoms with E-state index < -0.39 is 6.10 Å². The zero-order valence-electron chi connectivity index (χ0n) is 11.1. The van der Waals surface area contributed by atoms with Crippen LogP contribution in [0, 0.1) is 11.3 Å². The number of thioether (sulfide) groups is 1. The summed E-state index contributed by atoms with van der Waals surface area (Å²) in [5.74, 6) is 1.80. The third kappa shape index (κ3) is 7.06. The van der Waals surface area contributed by atoms with Gasteiger partial charge >= 0.3 is 0 Å². The number of benzene rings is 1. The van der Waals surface area contributed by atoms with E-state index in [0.29, 0.717) is 17.9 Å². The molecule has 19 heavy (non-hydrogen) atoms. The third-order valence-corrected chi connectivity index (χ3v) is 3.20. The number of nitrogens with zero attached hydrogens (tertiary/aromatic N) is 1. The molecule has 1 aromatic carbocycles. The lowest BCUT2D eigenvalue weighted by molar-refractivity contribution is 0.106. The molecule has 0 aliphatic carbocycles. The number of aliphatic hydroxyl groups is 1. The molecule has 0 bridgehead atoms. The standard InChI is InChI=1S/C14H20N2O2S/c1-19-8-2-7-16-10-13(17)11-18-14-5-3-12(9-15)4-6-14/h3-6,13,16-17H,2,7-8,10-11H2,1H3. The Bertz CT molecular complexity index is 389. The van der Waals surface area contributed by atoms with E-state index in [9.17, 15) is 5.11 Å². The van der Waals surface area contributed by atoms with Crippen LogP contribution in [0.4, 0.5) is 0 Å². The highest BCUT2D eigenvalue weighted by Gasteiger charge is 2.04. The Morgan fingerprint density at radius 3 is 2.79 bits per heavy atom. The molecule has 5 heteroatoms. The Balaban J connectivity index is 2.15. The first-order valence-electron chi connectivity index (χ1n) is 6.27. The predicted octanol–water partition coefficient (Wildman–Crippen LogP) is 1.64. The summed E-state index contributed by atoms with van der Waals surface area (Å²) >= 11 is 1.82. The van der Waals surface area contributed by atoms with Gasteiger partial charge in [-0.05, 0) is 49.2 Å². The van der Waals surface area contributed by atoms with Gasteiger partial charge in [-0.3, -0.25) is 0 Å². The van der Waals surface area contributed by atoms with E-state index >= 15 is 0 Å². The molecule has 0 aliphatic heterocycles. The maximum Gasteiger partial charge on any atom is 0.119 e. The molecule has 0 amide bonds. The Labute approximate surface area is 118 Å². The van der Waals surface area contributed by atoms with Crippen molar-refractivity contribution in [2.45, 2.75) is 12.5 Å². The van der Waals surface area contributed by atoms with Crippen LogP contribution in [-0.4, -0.2) is 42.9 Å². The second kappa shape index (κ2) is 9.68. The van der Waals surface area contributed by atoms with E-state index in [1.54, 1.807) is 24.3 Å². The summed E-state index contributed by atoms with van der Waals surface area (Å²) < 4.78 is 5.44. The summed E-state index contributed by atoms with van der Waals surface area (Å²) in [6, 6.07) is 8.91. The summed E-state index contributed by atoms with van der Waals surface area (Å²) in [7, 11) is 0. The van der Waals surface area contributed by atoms with Crippen molar-refractivity contribution in [2.24, 2.45) is 0 Å². The summed E-state index contributed by atoms with van der Waals surface area (Å²) in [5.41, 5.74) is 0.600. The van der Waals surface area contributed by atoms with Gasteiger partial charge in [-0.2, -0.15) is 17.0 Å². The van der Waals surface area contributed by atoms with Gasteiger partial charge in [-0.15, -0.1) is 0 Å².